The number of carbonyl (C=O) groups is 1. The molecule has 3 aromatic rings. The van der Waals surface area contributed by atoms with E-state index in [4.69, 9.17) is 9.15 Å². The third-order valence-corrected chi connectivity index (χ3v) is 4.38. The van der Waals surface area contributed by atoms with E-state index in [-0.39, 0.29) is 24.2 Å². The Hall–Kier alpha value is -3.08. The van der Waals surface area contributed by atoms with Gasteiger partial charge in [0.05, 0.1) is 18.7 Å². The van der Waals surface area contributed by atoms with Gasteiger partial charge in [-0.3, -0.25) is 4.79 Å². The highest BCUT2D eigenvalue weighted by Crippen LogP contribution is 2.26. The molecule has 140 valence electrons. The van der Waals surface area contributed by atoms with E-state index in [1.165, 1.54) is 6.07 Å². The van der Waals surface area contributed by atoms with E-state index in [0.29, 0.717) is 23.5 Å². The highest BCUT2D eigenvalue weighted by molar-refractivity contribution is 5.76. The van der Waals surface area contributed by atoms with Crippen LogP contribution < -0.4 is 10.1 Å². The number of furan rings is 1. The lowest BCUT2D eigenvalue weighted by Gasteiger charge is -2.17. The van der Waals surface area contributed by atoms with E-state index in [9.17, 15) is 9.18 Å². The third kappa shape index (κ3) is 4.56. The van der Waals surface area contributed by atoms with Gasteiger partial charge in [0, 0.05) is 18.4 Å². The molecule has 27 heavy (non-hydrogen) atoms. The lowest BCUT2D eigenvalue weighted by Crippen LogP contribution is -2.27. The van der Waals surface area contributed by atoms with Gasteiger partial charge in [0.1, 0.15) is 23.1 Å². The highest BCUT2D eigenvalue weighted by atomic mass is 19.1. The molecule has 4 nitrogen and oxygen atoms in total. The number of halogens is 1. The Labute approximate surface area is 158 Å². The minimum Gasteiger partial charge on any atom is -0.496 e. The molecule has 0 aliphatic rings. The molecule has 0 fully saturated rings. The fraction of sp³-hybridized carbons (Fsp3) is 0.227. The molecule has 0 aliphatic carbocycles. The van der Waals surface area contributed by atoms with Crippen LogP contribution in [-0.4, -0.2) is 13.0 Å². The van der Waals surface area contributed by atoms with Gasteiger partial charge in [-0.15, -0.1) is 0 Å². The maximum atomic E-state index is 13.8. The number of para-hydroxylation sites is 1. The van der Waals surface area contributed by atoms with E-state index in [1.54, 1.807) is 37.4 Å². The zero-order chi connectivity index (χ0) is 19.2. The first kappa shape index (κ1) is 18.7. The standard InChI is InChI=1S/C22H22FNO3/c1-15(17-7-4-6-10-20(17)26-2)24-22(25)14-12-16-11-13-21(27-16)18-8-3-5-9-19(18)23/h3-11,13,15H,12,14H2,1-2H3,(H,24,25). The number of methoxy groups -OCH3 is 1. The SMILES string of the molecule is COc1ccccc1C(C)NC(=O)CCc1ccc(-c2ccccc2F)o1. The summed E-state index contributed by atoms with van der Waals surface area (Å²) in [6.45, 7) is 1.92. The smallest absolute Gasteiger partial charge is 0.220 e. The molecule has 1 aromatic heterocycles. The van der Waals surface area contributed by atoms with Crippen LogP contribution in [0.1, 0.15) is 30.7 Å². The summed E-state index contributed by atoms with van der Waals surface area (Å²) in [4.78, 5) is 12.3. The van der Waals surface area contributed by atoms with Gasteiger partial charge in [0.2, 0.25) is 5.91 Å². The Kier molecular flexibility index (Phi) is 5.91. The van der Waals surface area contributed by atoms with Crippen molar-refractivity contribution in [2.75, 3.05) is 7.11 Å². The van der Waals surface area contributed by atoms with Crippen LogP contribution in [0.3, 0.4) is 0 Å². The number of hydrogen-bond donors (Lipinski definition) is 1. The highest BCUT2D eigenvalue weighted by Gasteiger charge is 2.15. The molecule has 0 saturated heterocycles. The van der Waals surface area contributed by atoms with E-state index in [1.807, 2.05) is 31.2 Å². The Morgan fingerprint density at radius 2 is 1.85 bits per heavy atom. The lowest BCUT2D eigenvalue weighted by atomic mass is 10.1. The molecule has 2 aromatic carbocycles. The number of carbonyl (C=O) groups excluding carboxylic acids is 1. The number of aryl methyl sites for hydroxylation is 1. The average molecular weight is 367 g/mol. The van der Waals surface area contributed by atoms with Crippen molar-refractivity contribution in [2.45, 2.75) is 25.8 Å². The van der Waals surface area contributed by atoms with E-state index >= 15 is 0 Å². The minimum absolute atomic E-state index is 0.0859. The molecular weight excluding hydrogens is 345 g/mol. The second kappa shape index (κ2) is 8.54. The molecule has 1 heterocycles. The van der Waals surface area contributed by atoms with Crippen molar-refractivity contribution in [1.29, 1.82) is 0 Å². The van der Waals surface area contributed by atoms with Crippen LogP contribution in [0.15, 0.2) is 65.1 Å². The zero-order valence-corrected chi connectivity index (χ0v) is 15.4. The van der Waals surface area contributed by atoms with Crippen molar-refractivity contribution in [1.82, 2.24) is 5.32 Å². The maximum absolute atomic E-state index is 13.8. The fourth-order valence-electron chi connectivity index (χ4n) is 2.97. The van der Waals surface area contributed by atoms with Crippen molar-refractivity contribution < 1.29 is 18.3 Å². The van der Waals surface area contributed by atoms with Crippen molar-refractivity contribution in [3.63, 3.8) is 0 Å². The third-order valence-electron chi connectivity index (χ3n) is 4.38. The van der Waals surface area contributed by atoms with Crippen molar-refractivity contribution in [3.8, 4) is 17.1 Å². The van der Waals surface area contributed by atoms with Crippen LogP contribution in [-0.2, 0) is 11.2 Å². The summed E-state index contributed by atoms with van der Waals surface area (Å²) in [6, 6.07) is 17.4. The molecule has 0 saturated carbocycles. The molecule has 1 N–H and O–H groups in total. The Balaban J connectivity index is 1.57. The number of nitrogens with one attached hydrogen (secondary N) is 1. The lowest BCUT2D eigenvalue weighted by molar-refractivity contribution is -0.121. The van der Waals surface area contributed by atoms with Crippen LogP contribution >= 0.6 is 0 Å². The molecule has 0 spiro atoms. The molecule has 0 aliphatic heterocycles. The fourth-order valence-corrected chi connectivity index (χ4v) is 2.97. The van der Waals surface area contributed by atoms with Crippen LogP contribution in [0.5, 0.6) is 5.75 Å². The number of amides is 1. The summed E-state index contributed by atoms with van der Waals surface area (Å²) >= 11 is 0. The molecule has 0 radical (unpaired) electrons. The van der Waals surface area contributed by atoms with Crippen molar-refractivity contribution in [3.05, 3.63) is 77.8 Å². The summed E-state index contributed by atoms with van der Waals surface area (Å²) in [5.41, 5.74) is 1.34. The van der Waals surface area contributed by atoms with Gasteiger partial charge in [-0.25, -0.2) is 4.39 Å². The summed E-state index contributed by atoms with van der Waals surface area (Å²) in [5, 5.41) is 2.97. The Morgan fingerprint density at radius 1 is 1.11 bits per heavy atom. The molecule has 5 heteroatoms. The van der Waals surface area contributed by atoms with Gasteiger partial charge >= 0.3 is 0 Å². The number of hydrogen-bond acceptors (Lipinski definition) is 3. The first-order valence-corrected chi connectivity index (χ1v) is 8.84. The number of rotatable bonds is 7. The monoisotopic (exact) mass is 367 g/mol. The van der Waals surface area contributed by atoms with Crippen molar-refractivity contribution in [2.24, 2.45) is 0 Å². The van der Waals surface area contributed by atoms with Gasteiger partial charge in [-0.05, 0) is 37.3 Å². The quantitative estimate of drug-likeness (QED) is 0.646. The molecule has 1 amide bonds. The van der Waals surface area contributed by atoms with Gasteiger partial charge in [0.25, 0.3) is 0 Å². The largest absolute Gasteiger partial charge is 0.496 e. The predicted molar refractivity (Wildman–Crippen MR) is 102 cm³/mol. The summed E-state index contributed by atoms with van der Waals surface area (Å²) in [5.74, 6) is 1.43. The van der Waals surface area contributed by atoms with Crippen LogP contribution in [0.2, 0.25) is 0 Å². The van der Waals surface area contributed by atoms with Crippen molar-refractivity contribution >= 4 is 5.91 Å². The second-order valence-electron chi connectivity index (χ2n) is 6.28. The second-order valence-corrected chi connectivity index (χ2v) is 6.28. The first-order chi connectivity index (χ1) is 13.1. The molecule has 0 bridgehead atoms. The van der Waals surface area contributed by atoms with Gasteiger partial charge in [-0.2, -0.15) is 0 Å². The zero-order valence-electron chi connectivity index (χ0n) is 15.4. The summed E-state index contributed by atoms with van der Waals surface area (Å²) < 4.78 is 24.9. The predicted octanol–water partition coefficient (Wildman–Crippen LogP) is 4.90. The molecule has 3 rings (SSSR count). The average Bonchev–Trinajstić information content (AvgIpc) is 3.15. The molecular formula is C22H22FNO3. The van der Waals surface area contributed by atoms with E-state index < -0.39 is 0 Å². The molecule has 1 atom stereocenters. The van der Waals surface area contributed by atoms with Gasteiger partial charge < -0.3 is 14.5 Å². The summed E-state index contributed by atoms with van der Waals surface area (Å²) in [7, 11) is 1.61. The topological polar surface area (TPSA) is 51.5 Å². The maximum Gasteiger partial charge on any atom is 0.220 e. The van der Waals surface area contributed by atoms with E-state index in [2.05, 4.69) is 5.32 Å². The Morgan fingerprint density at radius 3 is 2.63 bits per heavy atom. The van der Waals surface area contributed by atoms with Crippen LogP contribution in [0.25, 0.3) is 11.3 Å². The van der Waals surface area contributed by atoms with Gasteiger partial charge in [-0.1, -0.05) is 30.3 Å². The number of benzene rings is 2. The normalized spacial score (nSPS) is 11.8. The van der Waals surface area contributed by atoms with Gasteiger partial charge in [0.15, 0.2) is 0 Å². The minimum atomic E-state index is -0.332. The van der Waals surface area contributed by atoms with Crippen LogP contribution in [0.4, 0.5) is 4.39 Å². The number of ether oxygens (including phenoxy) is 1. The van der Waals surface area contributed by atoms with Crippen LogP contribution in [0, 0.1) is 5.82 Å². The first-order valence-electron chi connectivity index (χ1n) is 8.84. The molecule has 1 unspecified atom stereocenters. The summed E-state index contributed by atoms with van der Waals surface area (Å²) in [6.07, 6.45) is 0.725. The van der Waals surface area contributed by atoms with E-state index in [0.717, 1.165) is 11.3 Å². The Bertz CT molecular complexity index is 919.